The molecule has 0 spiro atoms. The van der Waals surface area contributed by atoms with Crippen LogP contribution in [0.4, 0.5) is 0 Å². The number of nitrogens with zero attached hydrogens (tertiary/aromatic N) is 1. The average Bonchev–Trinajstić information content (AvgIpc) is 2.77. The van der Waals surface area contributed by atoms with E-state index in [1.807, 2.05) is 0 Å². The van der Waals surface area contributed by atoms with Crippen LogP contribution in [0.25, 0.3) is 0 Å². The van der Waals surface area contributed by atoms with Gasteiger partial charge in [-0.15, -0.1) is 0 Å². The predicted octanol–water partition coefficient (Wildman–Crippen LogP) is 2.85. The Morgan fingerprint density at radius 3 is 2.47 bits per heavy atom. The lowest BCUT2D eigenvalue weighted by Crippen LogP contribution is -2.22. The van der Waals surface area contributed by atoms with E-state index in [9.17, 15) is 13.2 Å². The molecule has 1 aromatic rings. The Bertz CT molecular complexity index is 642. The highest BCUT2D eigenvalue weighted by molar-refractivity contribution is 7.90. The van der Waals surface area contributed by atoms with E-state index in [1.54, 1.807) is 12.1 Å². The second-order valence-electron chi connectivity index (χ2n) is 4.85. The van der Waals surface area contributed by atoms with E-state index in [2.05, 4.69) is 4.99 Å². The Morgan fingerprint density at radius 2 is 1.95 bits per heavy atom. The molecule has 0 N–H and O–H groups in total. The third kappa shape index (κ3) is 2.73. The first-order valence-electron chi connectivity index (χ1n) is 5.98. The lowest BCUT2D eigenvalue weighted by Gasteiger charge is -2.25. The number of aliphatic imine (C=N–C) groups is 1. The SMILES string of the molecule is CS(=O)(=O)c1ccc(Cl)cc1C1(N=C=O)CCCC1. The van der Waals surface area contributed by atoms with Gasteiger partial charge in [0.15, 0.2) is 9.84 Å². The van der Waals surface area contributed by atoms with Gasteiger partial charge >= 0.3 is 0 Å². The lowest BCUT2D eigenvalue weighted by atomic mass is 9.89. The quantitative estimate of drug-likeness (QED) is 0.637. The fourth-order valence-corrected chi connectivity index (χ4v) is 3.81. The van der Waals surface area contributed by atoms with Crippen LogP contribution < -0.4 is 0 Å². The van der Waals surface area contributed by atoms with Crippen LogP contribution in [0.15, 0.2) is 28.1 Å². The molecule has 0 aromatic heterocycles. The van der Waals surface area contributed by atoms with Gasteiger partial charge in [0.1, 0.15) is 0 Å². The maximum Gasteiger partial charge on any atom is 0.235 e. The molecule has 1 aliphatic carbocycles. The van der Waals surface area contributed by atoms with Crippen LogP contribution in [0.2, 0.25) is 5.02 Å². The smallest absolute Gasteiger partial charge is 0.224 e. The van der Waals surface area contributed by atoms with E-state index < -0.39 is 15.4 Å². The van der Waals surface area contributed by atoms with Crippen molar-refractivity contribution < 1.29 is 13.2 Å². The summed E-state index contributed by atoms with van der Waals surface area (Å²) >= 11 is 5.97. The van der Waals surface area contributed by atoms with E-state index in [0.29, 0.717) is 23.4 Å². The normalized spacial score (nSPS) is 18.0. The average molecular weight is 300 g/mol. The number of isocyanates is 1. The summed E-state index contributed by atoms with van der Waals surface area (Å²) in [5.41, 5.74) is -0.270. The van der Waals surface area contributed by atoms with Crippen LogP contribution >= 0.6 is 11.6 Å². The van der Waals surface area contributed by atoms with Crippen LogP contribution in [-0.4, -0.2) is 20.8 Å². The summed E-state index contributed by atoms with van der Waals surface area (Å²) in [4.78, 5) is 14.8. The fraction of sp³-hybridized carbons (Fsp3) is 0.462. The molecular formula is C13H14ClNO3S. The Balaban J connectivity index is 2.72. The lowest BCUT2D eigenvalue weighted by molar-refractivity contribution is 0.446. The number of rotatable bonds is 3. The largest absolute Gasteiger partial charge is 0.235 e. The second kappa shape index (κ2) is 5.08. The number of carbonyl (C=O) groups excluding carboxylic acids is 1. The van der Waals surface area contributed by atoms with Gasteiger partial charge in [-0.2, -0.15) is 4.99 Å². The Labute approximate surface area is 117 Å². The highest BCUT2D eigenvalue weighted by Crippen LogP contribution is 2.45. The molecule has 0 amide bonds. The van der Waals surface area contributed by atoms with E-state index in [4.69, 9.17) is 11.6 Å². The van der Waals surface area contributed by atoms with Crippen LogP contribution in [0.3, 0.4) is 0 Å². The Kier molecular flexibility index (Phi) is 3.81. The molecule has 1 aliphatic rings. The molecule has 0 saturated heterocycles. The van der Waals surface area contributed by atoms with Crippen molar-refractivity contribution in [2.45, 2.75) is 36.1 Å². The monoisotopic (exact) mass is 299 g/mol. The van der Waals surface area contributed by atoms with Crippen LogP contribution in [0, 0.1) is 0 Å². The van der Waals surface area contributed by atoms with Gasteiger partial charge < -0.3 is 0 Å². The minimum Gasteiger partial charge on any atom is -0.224 e. The summed E-state index contributed by atoms with van der Waals surface area (Å²) in [6.45, 7) is 0. The maximum atomic E-state index is 11.9. The van der Waals surface area contributed by atoms with E-state index in [0.717, 1.165) is 19.1 Å². The number of hydrogen-bond donors (Lipinski definition) is 0. The molecule has 0 heterocycles. The highest BCUT2D eigenvalue weighted by atomic mass is 35.5. The molecular weight excluding hydrogens is 286 g/mol. The minimum absolute atomic E-state index is 0.192. The zero-order valence-electron chi connectivity index (χ0n) is 10.5. The maximum absolute atomic E-state index is 11.9. The van der Waals surface area contributed by atoms with Gasteiger partial charge in [-0.25, -0.2) is 13.2 Å². The molecule has 0 radical (unpaired) electrons. The molecule has 0 aliphatic heterocycles. The van der Waals surface area contributed by atoms with E-state index in [1.165, 1.54) is 12.1 Å². The molecule has 0 bridgehead atoms. The van der Waals surface area contributed by atoms with Crippen molar-refractivity contribution in [2.75, 3.05) is 6.26 Å². The summed E-state index contributed by atoms with van der Waals surface area (Å²) < 4.78 is 23.8. The summed E-state index contributed by atoms with van der Waals surface area (Å²) in [6, 6.07) is 4.62. The third-order valence-corrected chi connectivity index (χ3v) is 4.92. The molecule has 1 fully saturated rings. The summed E-state index contributed by atoms with van der Waals surface area (Å²) in [5.74, 6) is 0. The van der Waals surface area contributed by atoms with Gasteiger partial charge in [0.05, 0.1) is 10.4 Å². The molecule has 0 atom stereocenters. The summed E-state index contributed by atoms with van der Waals surface area (Å²) in [7, 11) is -3.39. The standard InChI is InChI=1S/C13H14ClNO3S/c1-19(17,18)12-5-4-10(14)8-11(12)13(15-9-16)6-2-3-7-13/h4-5,8H,2-3,6-7H2,1H3. The highest BCUT2D eigenvalue weighted by Gasteiger charge is 2.39. The zero-order valence-corrected chi connectivity index (χ0v) is 12.1. The molecule has 6 heteroatoms. The number of benzene rings is 1. The number of sulfone groups is 1. The van der Waals surface area contributed by atoms with Gasteiger partial charge in [0, 0.05) is 16.8 Å². The number of hydrogen-bond acceptors (Lipinski definition) is 4. The summed E-state index contributed by atoms with van der Waals surface area (Å²) in [5, 5.41) is 0.440. The third-order valence-electron chi connectivity index (χ3n) is 3.53. The van der Waals surface area contributed by atoms with Gasteiger partial charge in [-0.1, -0.05) is 24.4 Å². The molecule has 2 rings (SSSR count). The van der Waals surface area contributed by atoms with Crippen molar-refractivity contribution in [2.24, 2.45) is 4.99 Å². The fourth-order valence-electron chi connectivity index (χ4n) is 2.68. The molecule has 4 nitrogen and oxygen atoms in total. The van der Waals surface area contributed by atoms with Gasteiger partial charge in [-0.3, -0.25) is 0 Å². The molecule has 1 saturated carbocycles. The van der Waals surface area contributed by atoms with Crippen molar-refractivity contribution in [1.82, 2.24) is 0 Å². The van der Waals surface area contributed by atoms with Crippen LogP contribution in [0.5, 0.6) is 0 Å². The first kappa shape index (κ1) is 14.3. The zero-order chi connectivity index (χ0) is 14.1. The van der Waals surface area contributed by atoms with Crippen molar-refractivity contribution >= 4 is 27.5 Å². The predicted molar refractivity (Wildman–Crippen MR) is 72.8 cm³/mol. The van der Waals surface area contributed by atoms with Crippen molar-refractivity contribution in [3.05, 3.63) is 28.8 Å². The van der Waals surface area contributed by atoms with Gasteiger partial charge in [-0.05, 0) is 31.0 Å². The Morgan fingerprint density at radius 1 is 1.32 bits per heavy atom. The molecule has 0 unspecified atom stereocenters. The van der Waals surface area contributed by atoms with Gasteiger partial charge in [0.25, 0.3) is 0 Å². The molecule has 1 aromatic carbocycles. The van der Waals surface area contributed by atoms with E-state index >= 15 is 0 Å². The van der Waals surface area contributed by atoms with Crippen LogP contribution in [0.1, 0.15) is 31.2 Å². The van der Waals surface area contributed by atoms with E-state index in [-0.39, 0.29) is 4.90 Å². The van der Waals surface area contributed by atoms with Crippen molar-refractivity contribution in [3.63, 3.8) is 0 Å². The second-order valence-corrected chi connectivity index (χ2v) is 7.28. The molecule has 102 valence electrons. The van der Waals surface area contributed by atoms with Crippen molar-refractivity contribution in [3.8, 4) is 0 Å². The Hall–Kier alpha value is -1.16. The summed E-state index contributed by atoms with van der Waals surface area (Å²) in [6.07, 6.45) is 5.83. The van der Waals surface area contributed by atoms with Gasteiger partial charge in [0.2, 0.25) is 6.08 Å². The van der Waals surface area contributed by atoms with Crippen LogP contribution in [-0.2, 0) is 20.2 Å². The van der Waals surface area contributed by atoms with Crippen molar-refractivity contribution in [1.29, 1.82) is 0 Å². The minimum atomic E-state index is -3.39. The molecule has 19 heavy (non-hydrogen) atoms. The first-order valence-corrected chi connectivity index (χ1v) is 8.25. The topological polar surface area (TPSA) is 63.6 Å². The number of halogens is 1. The first-order chi connectivity index (χ1) is 8.89.